The number of alkyl halides is 1. The van der Waals surface area contributed by atoms with Gasteiger partial charge in [-0.2, -0.15) is 0 Å². The maximum atomic E-state index is 5.77. The number of hydrogen-bond acceptors (Lipinski definition) is 3. The zero-order chi connectivity index (χ0) is 12.4. The average molecular weight is 310 g/mol. The molecule has 0 amide bonds. The Kier molecular flexibility index (Phi) is 3.55. The largest absolute Gasteiger partial charge is 0.446 e. The van der Waals surface area contributed by atoms with Crippen LogP contribution in [-0.2, 0) is 16.1 Å². The van der Waals surface area contributed by atoms with Gasteiger partial charge in [-0.25, -0.2) is 4.99 Å². The van der Waals surface area contributed by atoms with E-state index < -0.39 is 0 Å². The van der Waals surface area contributed by atoms with Crippen LogP contribution in [0.1, 0.15) is 24.8 Å². The second-order valence-corrected chi connectivity index (χ2v) is 5.98. The predicted molar refractivity (Wildman–Crippen MR) is 73.9 cm³/mol. The fourth-order valence-corrected chi connectivity index (χ4v) is 3.00. The second-order valence-electron chi connectivity index (χ2n) is 4.81. The molecule has 0 aromatic heterocycles. The van der Waals surface area contributed by atoms with E-state index in [4.69, 9.17) is 9.47 Å². The van der Waals surface area contributed by atoms with Crippen LogP contribution in [0.2, 0.25) is 0 Å². The average Bonchev–Trinajstić information content (AvgIpc) is 2.42. The molecule has 4 heteroatoms. The molecule has 1 saturated carbocycles. The van der Waals surface area contributed by atoms with Gasteiger partial charge < -0.3 is 9.47 Å². The Morgan fingerprint density at radius 2 is 2.11 bits per heavy atom. The van der Waals surface area contributed by atoms with E-state index >= 15 is 0 Å². The summed E-state index contributed by atoms with van der Waals surface area (Å²) >= 11 is 3.66. The van der Waals surface area contributed by atoms with Crippen molar-refractivity contribution >= 4 is 22.0 Å². The number of rotatable bonds is 2. The van der Waals surface area contributed by atoms with E-state index in [9.17, 15) is 0 Å². The van der Waals surface area contributed by atoms with Crippen LogP contribution in [-0.4, -0.2) is 23.1 Å². The highest BCUT2D eigenvalue weighted by Gasteiger charge is 2.35. The molecule has 18 heavy (non-hydrogen) atoms. The standard InChI is InChI=1S/C14H16BrNO2/c15-12-7-6-11-8-13(12)18-14(16-11)17-9-10-4-2-1-3-5-10/h1-5,11-13H,6-9H2. The van der Waals surface area contributed by atoms with Crippen molar-refractivity contribution in [3.05, 3.63) is 35.9 Å². The lowest BCUT2D eigenvalue weighted by Gasteiger charge is -2.35. The van der Waals surface area contributed by atoms with Gasteiger partial charge in [0, 0.05) is 6.42 Å². The molecule has 1 heterocycles. The molecule has 2 bridgehead atoms. The first kappa shape index (κ1) is 12.0. The van der Waals surface area contributed by atoms with E-state index in [1.165, 1.54) is 0 Å². The van der Waals surface area contributed by atoms with Crippen molar-refractivity contribution < 1.29 is 9.47 Å². The lowest BCUT2D eigenvalue weighted by Crippen LogP contribution is -2.40. The van der Waals surface area contributed by atoms with Crippen molar-refractivity contribution in [3.8, 4) is 0 Å². The normalized spacial score (nSPS) is 30.3. The lowest BCUT2D eigenvalue weighted by atomic mass is 9.92. The molecule has 1 aromatic rings. The lowest BCUT2D eigenvalue weighted by molar-refractivity contribution is 0.0571. The number of aliphatic imine (C=N–C) groups is 1. The van der Waals surface area contributed by atoms with Gasteiger partial charge in [0.15, 0.2) is 0 Å². The van der Waals surface area contributed by atoms with Crippen LogP contribution in [0.4, 0.5) is 0 Å². The highest BCUT2D eigenvalue weighted by atomic mass is 79.9. The summed E-state index contributed by atoms with van der Waals surface area (Å²) in [5.41, 5.74) is 1.13. The summed E-state index contributed by atoms with van der Waals surface area (Å²) in [5, 5.41) is 0. The second kappa shape index (κ2) is 5.31. The van der Waals surface area contributed by atoms with E-state index in [-0.39, 0.29) is 6.10 Å². The van der Waals surface area contributed by atoms with Gasteiger partial charge in [0.25, 0.3) is 0 Å². The molecule has 3 atom stereocenters. The van der Waals surface area contributed by atoms with Gasteiger partial charge in [0.05, 0.1) is 10.9 Å². The molecule has 96 valence electrons. The van der Waals surface area contributed by atoms with E-state index in [1.807, 2.05) is 30.3 Å². The summed E-state index contributed by atoms with van der Waals surface area (Å²) in [6, 6.07) is 10.5. The Morgan fingerprint density at radius 1 is 1.28 bits per heavy atom. The van der Waals surface area contributed by atoms with Crippen LogP contribution in [0.15, 0.2) is 35.3 Å². The Labute approximate surface area is 115 Å². The summed E-state index contributed by atoms with van der Waals surface area (Å²) in [7, 11) is 0. The predicted octanol–water partition coefficient (Wildman–Crippen LogP) is 3.27. The van der Waals surface area contributed by atoms with Crippen molar-refractivity contribution in [2.75, 3.05) is 0 Å². The van der Waals surface area contributed by atoms with Crippen molar-refractivity contribution in [1.29, 1.82) is 0 Å². The smallest absolute Gasteiger partial charge is 0.384 e. The molecular formula is C14H16BrNO2. The molecule has 1 aromatic carbocycles. The first-order valence-corrected chi connectivity index (χ1v) is 7.28. The van der Waals surface area contributed by atoms with E-state index in [1.54, 1.807) is 0 Å². The first-order valence-electron chi connectivity index (χ1n) is 6.36. The third-order valence-electron chi connectivity index (χ3n) is 3.43. The summed E-state index contributed by atoms with van der Waals surface area (Å²) in [6.07, 6.45) is 3.93. The molecule has 0 spiro atoms. The van der Waals surface area contributed by atoms with Crippen LogP contribution < -0.4 is 0 Å². The van der Waals surface area contributed by atoms with Crippen LogP contribution in [0.5, 0.6) is 0 Å². The maximum Gasteiger partial charge on any atom is 0.384 e. The molecular weight excluding hydrogens is 294 g/mol. The molecule has 3 nitrogen and oxygen atoms in total. The Balaban J connectivity index is 1.62. The summed E-state index contributed by atoms with van der Waals surface area (Å²) in [4.78, 5) is 4.93. The molecule has 1 aliphatic heterocycles. The van der Waals surface area contributed by atoms with Crippen LogP contribution in [0.25, 0.3) is 0 Å². The minimum Gasteiger partial charge on any atom is -0.446 e. The molecule has 0 N–H and O–H groups in total. The number of halogens is 1. The Bertz CT molecular complexity index is 435. The van der Waals surface area contributed by atoms with Gasteiger partial charge in [-0.15, -0.1) is 0 Å². The van der Waals surface area contributed by atoms with Crippen LogP contribution in [0, 0.1) is 0 Å². The quantitative estimate of drug-likeness (QED) is 0.785. The maximum absolute atomic E-state index is 5.77. The molecule has 3 unspecified atom stereocenters. The van der Waals surface area contributed by atoms with Crippen molar-refractivity contribution in [2.24, 2.45) is 4.99 Å². The Hall–Kier alpha value is -1.03. The van der Waals surface area contributed by atoms with Gasteiger partial charge >= 0.3 is 6.08 Å². The van der Waals surface area contributed by atoms with Gasteiger partial charge in [-0.1, -0.05) is 46.3 Å². The van der Waals surface area contributed by atoms with Gasteiger partial charge in [-0.05, 0) is 18.4 Å². The number of hydrogen-bond donors (Lipinski definition) is 0. The minimum atomic E-state index is 0.215. The number of fused-ring (bicyclic) bond motifs is 2. The topological polar surface area (TPSA) is 30.8 Å². The first-order chi connectivity index (χ1) is 8.81. The summed E-state index contributed by atoms with van der Waals surface area (Å²) in [6.45, 7) is 0.520. The third kappa shape index (κ3) is 2.69. The molecule has 3 rings (SSSR count). The SMILES string of the molecule is BrC1CCC2CC1OC(OCc1ccccc1)=N2. The van der Waals surface area contributed by atoms with Crippen LogP contribution >= 0.6 is 15.9 Å². The molecule has 2 aliphatic rings. The highest BCUT2D eigenvalue weighted by molar-refractivity contribution is 9.09. The van der Waals surface area contributed by atoms with Crippen molar-refractivity contribution in [3.63, 3.8) is 0 Å². The van der Waals surface area contributed by atoms with Crippen LogP contribution in [0.3, 0.4) is 0 Å². The van der Waals surface area contributed by atoms with Gasteiger partial charge in [0.2, 0.25) is 0 Å². The molecule has 1 fully saturated rings. The van der Waals surface area contributed by atoms with Crippen molar-refractivity contribution in [2.45, 2.75) is 42.8 Å². The number of nitrogens with zero attached hydrogens (tertiary/aromatic N) is 1. The number of ether oxygens (including phenoxy) is 2. The van der Waals surface area contributed by atoms with Crippen molar-refractivity contribution in [1.82, 2.24) is 0 Å². The van der Waals surface area contributed by atoms with E-state index in [0.717, 1.165) is 24.8 Å². The minimum absolute atomic E-state index is 0.215. The fraction of sp³-hybridized carbons (Fsp3) is 0.500. The summed E-state index contributed by atoms with van der Waals surface area (Å²) < 4.78 is 11.4. The van der Waals surface area contributed by atoms with E-state index in [2.05, 4.69) is 20.9 Å². The zero-order valence-electron chi connectivity index (χ0n) is 10.1. The highest BCUT2D eigenvalue weighted by Crippen LogP contribution is 2.32. The van der Waals surface area contributed by atoms with E-state index in [0.29, 0.717) is 23.6 Å². The molecule has 0 radical (unpaired) electrons. The summed E-state index contributed by atoms with van der Waals surface area (Å²) in [5.74, 6) is 0. The molecule has 1 aliphatic carbocycles. The number of benzene rings is 1. The Morgan fingerprint density at radius 3 is 2.94 bits per heavy atom. The van der Waals surface area contributed by atoms with Gasteiger partial charge in [-0.3, -0.25) is 0 Å². The third-order valence-corrected chi connectivity index (χ3v) is 4.48. The fourth-order valence-electron chi connectivity index (χ4n) is 2.41. The monoisotopic (exact) mass is 309 g/mol. The molecule has 0 saturated heterocycles. The zero-order valence-corrected chi connectivity index (χ0v) is 11.7. The van der Waals surface area contributed by atoms with Gasteiger partial charge in [0.1, 0.15) is 12.7 Å².